The smallest absolute Gasteiger partial charge is 0.0484 e. The average Bonchev–Trinajstić information content (AvgIpc) is 2.24. The summed E-state index contributed by atoms with van der Waals surface area (Å²) in [7, 11) is 0. The van der Waals surface area contributed by atoms with Crippen LogP contribution in [-0.4, -0.2) is 31.8 Å². The summed E-state index contributed by atoms with van der Waals surface area (Å²) in [5.41, 5.74) is 6.31. The van der Waals surface area contributed by atoms with Gasteiger partial charge < -0.3 is 15.8 Å². The van der Waals surface area contributed by atoms with E-state index in [1.807, 2.05) is 0 Å². The summed E-state index contributed by atoms with van der Waals surface area (Å²) < 4.78 is 5.36. The second-order valence-corrected chi connectivity index (χ2v) is 6.26. The standard InChI is InChI=1S/C14H30N2O/c1-11(2)13(12(3)4)9-16-10-14(15)5-7-17-8-6-14/h11-13,16H,5-10,15H2,1-4H3. The summed E-state index contributed by atoms with van der Waals surface area (Å²) >= 11 is 0. The molecule has 0 atom stereocenters. The van der Waals surface area contributed by atoms with Gasteiger partial charge in [-0.25, -0.2) is 0 Å². The fraction of sp³-hybridized carbons (Fsp3) is 1.00. The van der Waals surface area contributed by atoms with Crippen molar-refractivity contribution in [1.82, 2.24) is 5.32 Å². The number of ether oxygens (including phenoxy) is 1. The monoisotopic (exact) mass is 242 g/mol. The molecule has 17 heavy (non-hydrogen) atoms. The molecule has 0 unspecified atom stereocenters. The van der Waals surface area contributed by atoms with E-state index < -0.39 is 0 Å². The van der Waals surface area contributed by atoms with Gasteiger partial charge in [0, 0.05) is 25.3 Å². The van der Waals surface area contributed by atoms with Crippen molar-refractivity contribution in [3.8, 4) is 0 Å². The van der Waals surface area contributed by atoms with Crippen LogP contribution in [0.3, 0.4) is 0 Å². The van der Waals surface area contributed by atoms with Crippen molar-refractivity contribution in [1.29, 1.82) is 0 Å². The van der Waals surface area contributed by atoms with E-state index in [0.29, 0.717) is 0 Å². The van der Waals surface area contributed by atoms with Crippen molar-refractivity contribution in [2.75, 3.05) is 26.3 Å². The lowest BCUT2D eigenvalue weighted by molar-refractivity contribution is 0.0524. The van der Waals surface area contributed by atoms with Crippen LogP contribution in [0.1, 0.15) is 40.5 Å². The van der Waals surface area contributed by atoms with Crippen LogP contribution < -0.4 is 11.1 Å². The van der Waals surface area contributed by atoms with Crippen LogP contribution in [0.2, 0.25) is 0 Å². The first-order valence-corrected chi connectivity index (χ1v) is 7.02. The van der Waals surface area contributed by atoms with E-state index in [-0.39, 0.29) is 5.54 Å². The molecule has 0 aromatic carbocycles. The van der Waals surface area contributed by atoms with Crippen LogP contribution in [0, 0.1) is 17.8 Å². The van der Waals surface area contributed by atoms with Gasteiger partial charge in [-0.3, -0.25) is 0 Å². The summed E-state index contributed by atoms with van der Waals surface area (Å²) in [6.45, 7) is 12.9. The van der Waals surface area contributed by atoms with E-state index in [9.17, 15) is 0 Å². The van der Waals surface area contributed by atoms with E-state index in [1.54, 1.807) is 0 Å². The minimum Gasteiger partial charge on any atom is -0.381 e. The fourth-order valence-electron chi connectivity index (χ4n) is 2.68. The molecule has 0 bridgehead atoms. The molecule has 3 N–H and O–H groups in total. The summed E-state index contributed by atoms with van der Waals surface area (Å²) in [6, 6.07) is 0. The Morgan fingerprint density at radius 1 is 1.12 bits per heavy atom. The summed E-state index contributed by atoms with van der Waals surface area (Å²) in [5, 5.41) is 3.58. The van der Waals surface area contributed by atoms with E-state index in [1.165, 1.54) is 0 Å². The number of nitrogens with two attached hydrogens (primary N) is 1. The first-order chi connectivity index (χ1) is 7.94. The maximum Gasteiger partial charge on any atom is 0.0484 e. The Morgan fingerprint density at radius 3 is 2.12 bits per heavy atom. The average molecular weight is 242 g/mol. The number of rotatable bonds is 6. The lowest BCUT2D eigenvalue weighted by Crippen LogP contribution is -2.53. The van der Waals surface area contributed by atoms with E-state index in [2.05, 4.69) is 33.0 Å². The molecule has 1 heterocycles. The molecule has 3 nitrogen and oxygen atoms in total. The van der Waals surface area contributed by atoms with Gasteiger partial charge >= 0.3 is 0 Å². The van der Waals surface area contributed by atoms with Crippen LogP contribution in [0.4, 0.5) is 0 Å². The topological polar surface area (TPSA) is 47.3 Å². The molecule has 1 saturated heterocycles. The van der Waals surface area contributed by atoms with Gasteiger partial charge in [0.05, 0.1) is 0 Å². The normalized spacial score (nSPS) is 20.5. The Hall–Kier alpha value is -0.120. The number of nitrogens with one attached hydrogen (secondary N) is 1. The van der Waals surface area contributed by atoms with Gasteiger partial charge in [-0.2, -0.15) is 0 Å². The molecule has 0 aliphatic carbocycles. The van der Waals surface area contributed by atoms with Gasteiger partial charge in [-0.15, -0.1) is 0 Å². The van der Waals surface area contributed by atoms with E-state index in [4.69, 9.17) is 10.5 Å². The van der Waals surface area contributed by atoms with Crippen LogP contribution in [0.5, 0.6) is 0 Å². The maximum atomic E-state index is 6.36. The lowest BCUT2D eigenvalue weighted by Gasteiger charge is -2.35. The number of hydrogen-bond donors (Lipinski definition) is 2. The molecule has 1 fully saturated rings. The fourth-order valence-corrected chi connectivity index (χ4v) is 2.68. The summed E-state index contributed by atoms with van der Waals surface area (Å²) in [5.74, 6) is 2.19. The second-order valence-electron chi connectivity index (χ2n) is 6.26. The number of hydrogen-bond acceptors (Lipinski definition) is 3. The molecule has 1 rings (SSSR count). The van der Waals surface area contributed by atoms with E-state index in [0.717, 1.165) is 56.9 Å². The second kappa shape index (κ2) is 6.72. The maximum absolute atomic E-state index is 6.36. The molecule has 0 aromatic rings. The highest BCUT2D eigenvalue weighted by atomic mass is 16.5. The zero-order chi connectivity index (χ0) is 12.9. The van der Waals surface area contributed by atoms with Crippen molar-refractivity contribution < 1.29 is 4.74 Å². The SMILES string of the molecule is CC(C)C(CNCC1(N)CCOCC1)C(C)C. The Kier molecular flexibility index (Phi) is 5.90. The third kappa shape index (κ3) is 4.94. The van der Waals surface area contributed by atoms with Crippen molar-refractivity contribution in [3.05, 3.63) is 0 Å². The van der Waals surface area contributed by atoms with Crippen molar-refractivity contribution >= 4 is 0 Å². The molecular formula is C14H30N2O. The molecule has 0 radical (unpaired) electrons. The molecular weight excluding hydrogens is 212 g/mol. The predicted octanol–water partition coefficient (Wildman–Crippen LogP) is 2.01. The van der Waals surface area contributed by atoms with Crippen molar-refractivity contribution in [2.24, 2.45) is 23.5 Å². The zero-order valence-corrected chi connectivity index (χ0v) is 12.0. The Balaban J connectivity index is 2.30. The minimum atomic E-state index is -0.0449. The minimum absolute atomic E-state index is 0.0449. The van der Waals surface area contributed by atoms with Crippen molar-refractivity contribution in [2.45, 2.75) is 46.1 Å². The Bertz CT molecular complexity index is 202. The molecule has 0 amide bonds. The molecule has 3 heteroatoms. The quantitative estimate of drug-likeness (QED) is 0.749. The highest BCUT2D eigenvalue weighted by molar-refractivity contribution is 4.89. The van der Waals surface area contributed by atoms with Gasteiger partial charge in [0.2, 0.25) is 0 Å². The molecule has 1 aliphatic rings. The third-order valence-corrected chi connectivity index (χ3v) is 4.06. The predicted molar refractivity (Wildman–Crippen MR) is 73.0 cm³/mol. The first kappa shape index (κ1) is 14.9. The highest BCUT2D eigenvalue weighted by Gasteiger charge is 2.28. The Labute approximate surface area is 106 Å². The summed E-state index contributed by atoms with van der Waals surface area (Å²) in [6.07, 6.45) is 1.96. The molecule has 0 saturated carbocycles. The van der Waals surface area contributed by atoms with Crippen LogP contribution >= 0.6 is 0 Å². The van der Waals surface area contributed by atoms with Gasteiger partial charge in [-0.1, -0.05) is 27.7 Å². The van der Waals surface area contributed by atoms with Gasteiger partial charge in [-0.05, 0) is 37.1 Å². The van der Waals surface area contributed by atoms with Gasteiger partial charge in [0.1, 0.15) is 0 Å². The van der Waals surface area contributed by atoms with Gasteiger partial charge in [0.25, 0.3) is 0 Å². The van der Waals surface area contributed by atoms with E-state index >= 15 is 0 Å². The largest absolute Gasteiger partial charge is 0.381 e. The third-order valence-electron chi connectivity index (χ3n) is 4.06. The Morgan fingerprint density at radius 2 is 1.65 bits per heavy atom. The first-order valence-electron chi connectivity index (χ1n) is 7.02. The molecule has 102 valence electrons. The molecule has 0 aromatic heterocycles. The molecule has 0 spiro atoms. The van der Waals surface area contributed by atoms with Crippen molar-refractivity contribution in [3.63, 3.8) is 0 Å². The molecule has 1 aliphatic heterocycles. The zero-order valence-electron chi connectivity index (χ0n) is 12.0. The van der Waals surface area contributed by atoms with Crippen LogP contribution in [-0.2, 0) is 4.74 Å². The highest BCUT2D eigenvalue weighted by Crippen LogP contribution is 2.20. The van der Waals surface area contributed by atoms with Crippen LogP contribution in [0.25, 0.3) is 0 Å². The lowest BCUT2D eigenvalue weighted by atomic mass is 9.85. The van der Waals surface area contributed by atoms with Crippen LogP contribution in [0.15, 0.2) is 0 Å². The van der Waals surface area contributed by atoms with Gasteiger partial charge in [0.15, 0.2) is 0 Å². The summed E-state index contributed by atoms with van der Waals surface area (Å²) in [4.78, 5) is 0.